The van der Waals surface area contributed by atoms with Crippen molar-refractivity contribution in [1.82, 2.24) is 5.32 Å². The maximum atomic E-state index is 6.06. The Balaban J connectivity index is 2.61. The lowest BCUT2D eigenvalue weighted by Gasteiger charge is -2.23. The van der Waals surface area contributed by atoms with E-state index in [0.29, 0.717) is 6.04 Å². The van der Waals surface area contributed by atoms with Crippen molar-refractivity contribution in [3.63, 3.8) is 0 Å². The van der Waals surface area contributed by atoms with Crippen LogP contribution < -0.4 is 10.1 Å². The molecule has 1 N–H and O–H groups in total. The minimum absolute atomic E-state index is 0.120. The topological polar surface area (TPSA) is 21.3 Å². The molecule has 2 heteroatoms. The largest absolute Gasteiger partial charge is 0.493 e. The smallest absolute Gasteiger partial charge is 0.123 e. The number of nitrogens with one attached hydrogen (secondary N) is 1. The van der Waals surface area contributed by atoms with Crippen LogP contribution in [0.3, 0.4) is 0 Å². The molecule has 0 aromatic heterocycles. The van der Waals surface area contributed by atoms with Crippen LogP contribution in [0, 0.1) is 6.92 Å². The number of rotatable bonds is 7. The summed E-state index contributed by atoms with van der Waals surface area (Å²) in [5, 5.41) is 3.49. The fraction of sp³-hybridized carbons (Fsp3) is 0.667. The second-order valence-corrected chi connectivity index (χ2v) is 6.74. The van der Waals surface area contributed by atoms with Crippen LogP contribution >= 0.6 is 0 Å². The molecule has 0 saturated heterocycles. The SMILES string of the molecule is CCCNC(C)CCOc1cc(C)ccc1C(C)(C)C. The first kappa shape index (κ1) is 17.0. The van der Waals surface area contributed by atoms with Crippen LogP contribution in [0.1, 0.15) is 58.6 Å². The van der Waals surface area contributed by atoms with Crippen molar-refractivity contribution in [3.8, 4) is 5.75 Å². The number of ether oxygens (including phenoxy) is 1. The van der Waals surface area contributed by atoms with Gasteiger partial charge in [-0.3, -0.25) is 0 Å². The molecule has 1 unspecified atom stereocenters. The molecule has 0 heterocycles. The Labute approximate surface area is 124 Å². The van der Waals surface area contributed by atoms with E-state index in [2.05, 4.69) is 65.1 Å². The van der Waals surface area contributed by atoms with Gasteiger partial charge in [-0.05, 0) is 55.8 Å². The summed E-state index contributed by atoms with van der Waals surface area (Å²) in [6, 6.07) is 7.03. The van der Waals surface area contributed by atoms with Gasteiger partial charge in [-0.25, -0.2) is 0 Å². The van der Waals surface area contributed by atoms with Gasteiger partial charge < -0.3 is 10.1 Å². The van der Waals surface area contributed by atoms with Crippen LogP contribution in [0.15, 0.2) is 18.2 Å². The molecule has 0 saturated carbocycles. The fourth-order valence-corrected chi connectivity index (χ4v) is 2.21. The quantitative estimate of drug-likeness (QED) is 0.795. The van der Waals surface area contributed by atoms with Crippen molar-refractivity contribution >= 4 is 0 Å². The summed E-state index contributed by atoms with van der Waals surface area (Å²) in [7, 11) is 0. The number of aryl methyl sites for hydroxylation is 1. The van der Waals surface area contributed by atoms with E-state index in [1.807, 2.05) is 0 Å². The van der Waals surface area contributed by atoms with Gasteiger partial charge in [0.05, 0.1) is 6.61 Å². The molecule has 1 rings (SSSR count). The van der Waals surface area contributed by atoms with Gasteiger partial charge in [0.25, 0.3) is 0 Å². The van der Waals surface area contributed by atoms with Crippen LogP contribution in [0.2, 0.25) is 0 Å². The predicted octanol–water partition coefficient (Wildman–Crippen LogP) is 4.45. The fourth-order valence-electron chi connectivity index (χ4n) is 2.21. The molecule has 0 radical (unpaired) electrons. The monoisotopic (exact) mass is 277 g/mol. The van der Waals surface area contributed by atoms with E-state index in [-0.39, 0.29) is 5.41 Å². The van der Waals surface area contributed by atoms with Crippen molar-refractivity contribution in [1.29, 1.82) is 0 Å². The van der Waals surface area contributed by atoms with Crippen LogP contribution in [-0.4, -0.2) is 19.2 Å². The van der Waals surface area contributed by atoms with Gasteiger partial charge in [0.15, 0.2) is 0 Å². The Kier molecular flexibility index (Phi) is 6.54. The molecule has 0 bridgehead atoms. The Morgan fingerprint density at radius 3 is 2.55 bits per heavy atom. The summed E-state index contributed by atoms with van der Waals surface area (Å²) < 4.78 is 6.06. The van der Waals surface area contributed by atoms with Gasteiger partial charge in [-0.15, -0.1) is 0 Å². The van der Waals surface area contributed by atoms with E-state index < -0.39 is 0 Å². The third-order valence-electron chi connectivity index (χ3n) is 3.50. The zero-order valence-corrected chi connectivity index (χ0v) is 14.0. The van der Waals surface area contributed by atoms with Gasteiger partial charge in [-0.2, -0.15) is 0 Å². The number of hydrogen-bond donors (Lipinski definition) is 1. The maximum absolute atomic E-state index is 6.06. The Morgan fingerprint density at radius 1 is 1.25 bits per heavy atom. The first-order chi connectivity index (χ1) is 9.34. The van der Waals surface area contributed by atoms with Crippen molar-refractivity contribution < 1.29 is 4.74 Å². The van der Waals surface area contributed by atoms with Crippen LogP contribution in [-0.2, 0) is 5.41 Å². The molecule has 0 aliphatic carbocycles. The molecule has 1 aromatic carbocycles. The van der Waals surface area contributed by atoms with Crippen LogP contribution in [0.25, 0.3) is 0 Å². The van der Waals surface area contributed by atoms with Gasteiger partial charge >= 0.3 is 0 Å². The van der Waals surface area contributed by atoms with Crippen molar-refractivity contribution in [2.75, 3.05) is 13.2 Å². The van der Waals surface area contributed by atoms with Crippen molar-refractivity contribution in [2.45, 2.75) is 65.8 Å². The average Bonchev–Trinajstić information content (AvgIpc) is 2.35. The van der Waals surface area contributed by atoms with E-state index in [4.69, 9.17) is 4.74 Å². The highest BCUT2D eigenvalue weighted by molar-refractivity contribution is 5.41. The highest BCUT2D eigenvalue weighted by Crippen LogP contribution is 2.32. The zero-order chi connectivity index (χ0) is 15.2. The first-order valence-corrected chi connectivity index (χ1v) is 7.82. The van der Waals surface area contributed by atoms with Gasteiger partial charge in [0.2, 0.25) is 0 Å². The lowest BCUT2D eigenvalue weighted by molar-refractivity contribution is 0.283. The Bertz CT molecular complexity index is 406. The molecular weight excluding hydrogens is 246 g/mol. The van der Waals surface area contributed by atoms with E-state index in [1.54, 1.807) is 0 Å². The molecular formula is C18H31NO. The average molecular weight is 277 g/mol. The minimum Gasteiger partial charge on any atom is -0.493 e. The van der Waals surface area contributed by atoms with E-state index in [1.165, 1.54) is 17.5 Å². The second kappa shape index (κ2) is 7.68. The minimum atomic E-state index is 0.120. The zero-order valence-electron chi connectivity index (χ0n) is 14.0. The summed E-state index contributed by atoms with van der Waals surface area (Å²) in [6.07, 6.45) is 2.22. The lowest BCUT2D eigenvalue weighted by Crippen LogP contribution is -2.28. The third-order valence-corrected chi connectivity index (χ3v) is 3.50. The number of benzene rings is 1. The second-order valence-electron chi connectivity index (χ2n) is 6.74. The molecule has 2 nitrogen and oxygen atoms in total. The normalized spacial score (nSPS) is 13.3. The molecule has 114 valence electrons. The molecule has 20 heavy (non-hydrogen) atoms. The molecule has 0 aliphatic rings. The van der Waals surface area contributed by atoms with E-state index in [0.717, 1.165) is 25.3 Å². The van der Waals surface area contributed by atoms with Crippen LogP contribution in [0.5, 0.6) is 5.75 Å². The lowest BCUT2D eigenvalue weighted by atomic mass is 9.86. The van der Waals surface area contributed by atoms with Crippen molar-refractivity contribution in [2.24, 2.45) is 0 Å². The third kappa shape index (κ3) is 5.54. The predicted molar refractivity (Wildman–Crippen MR) is 87.7 cm³/mol. The summed E-state index contributed by atoms with van der Waals surface area (Å²) in [5.41, 5.74) is 2.66. The Hall–Kier alpha value is -1.02. The van der Waals surface area contributed by atoms with Gasteiger partial charge in [-0.1, -0.05) is 39.8 Å². The van der Waals surface area contributed by atoms with Gasteiger partial charge in [0, 0.05) is 6.04 Å². The maximum Gasteiger partial charge on any atom is 0.123 e. The van der Waals surface area contributed by atoms with E-state index >= 15 is 0 Å². The first-order valence-electron chi connectivity index (χ1n) is 7.82. The molecule has 0 fully saturated rings. The van der Waals surface area contributed by atoms with Crippen LogP contribution in [0.4, 0.5) is 0 Å². The Morgan fingerprint density at radius 2 is 1.95 bits per heavy atom. The standard InChI is InChI=1S/C18H31NO/c1-7-11-19-15(3)10-12-20-17-13-14(2)8-9-16(17)18(4,5)6/h8-9,13,15,19H,7,10-12H2,1-6H3. The molecule has 0 aliphatic heterocycles. The highest BCUT2D eigenvalue weighted by atomic mass is 16.5. The summed E-state index contributed by atoms with van der Waals surface area (Å²) in [6.45, 7) is 15.1. The highest BCUT2D eigenvalue weighted by Gasteiger charge is 2.19. The van der Waals surface area contributed by atoms with Crippen molar-refractivity contribution in [3.05, 3.63) is 29.3 Å². The summed E-state index contributed by atoms with van der Waals surface area (Å²) in [4.78, 5) is 0. The number of hydrogen-bond acceptors (Lipinski definition) is 2. The molecule has 0 amide bonds. The summed E-state index contributed by atoms with van der Waals surface area (Å²) >= 11 is 0. The van der Waals surface area contributed by atoms with Gasteiger partial charge in [0.1, 0.15) is 5.75 Å². The summed E-state index contributed by atoms with van der Waals surface area (Å²) in [5.74, 6) is 1.04. The molecule has 1 aromatic rings. The molecule has 0 spiro atoms. The molecule has 1 atom stereocenters. The van der Waals surface area contributed by atoms with E-state index in [9.17, 15) is 0 Å².